The molecule has 0 spiro atoms. The monoisotopic (exact) mass is 332 g/mol. The smallest absolute Gasteiger partial charge is 0.264 e. The highest BCUT2D eigenvalue weighted by molar-refractivity contribution is 5.82. The summed E-state index contributed by atoms with van der Waals surface area (Å²) in [6.45, 7) is 3.09. The molecule has 1 saturated heterocycles. The van der Waals surface area contributed by atoms with E-state index in [1.165, 1.54) is 12.1 Å². The zero-order valence-electron chi connectivity index (χ0n) is 13.2. The Hall–Kier alpha value is -2.48. The highest BCUT2D eigenvalue weighted by atomic mass is 19.1. The molecule has 1 N–H and O–H groups in total. The number of hydrogen-bond donors (Lipinski definition) is 1. The number of aromatic nitrogens is 3. The summed E-state index contributed by atoms with van der Waals surface area (Å²) in [5.41, 5.74) is 0.725. The van der Waals surface area contributed by atoms with E-state index in [0.717, 1.165) is 5.56 Å². The van der Waals surface area contributed by atoms with Gasteiger partial charge in [0.15, 0.2) is 11.9 Å². The van der Waals surface area contributed by atoms with Crippen LogP contribution in [0.4, 0.5) is 4.39 Å². The van der Waals surface area contributed by atoms with Gasteiger partial charge in [0.1, 0.15) is 23.5 Å². The summed E-state index contributed by atoms with van der Waals surface area (Å²) in [4.78, 5) is 18.7. The molecule has 0 bridgehead atoms. The van der Waals surface area contributed by atoms with Crippen molar-refractivity contribution in [3.8, 4) is 5.75 Å². The molecule has 2 aromatic rings. The first-order valence-electron chi connectivity index (χ1n) is 7.84. The Bertz CT molecular complexity index is 778. The van der Waals surface area contributed by atoms with Crippen LogP contribution < -0.4 is 4.74 Å². The number of hydrogen-bond acceptors (Lipinski definition) is 5. The number of rotatable bonds is 2. The molecular formula is C16H17FN4O3. The second-order valence-corrected chi connectivity index (χ2v) is 5.99. The van der Waals surface area contributed by atoms with E-state index in [1.807, 2.05) is 6.92 Å². The Morgan fingerprint density at radius 1 is 1.46 bits per heavy atom. The lowest BCUT2D eigenvalue weighted by Gasteiger charge is -2.32. The third kappa shape index (κ3) is 2.73. The minimum absolute atomic E-state index is 0.118. The summed E-state index contributed by atoms with van der Waals surface area (Å²) >= 11 is 0. The van der Waals surface area contributed by atoms with Crippen molar-refractivity contribution in [2.24, 2.45) is 0 Å². The van der Waals surface area contributed by atoms with E-state index < -0.39 is 6.10 Å². The molecule has 1 fully saturated rings. The molecule has 1 aromatic carbocycles. The van der Waals surface area contributed by atoms with E-state index in [1.54, 1.807) is 11.0 Å². The van der Waals surface area contributed by atoms with E-state index in [0.29, 0.717) is 43.5 Å². The molecule has 3 heterocycles. The minimum Gasteiger partial charge on any atom is -0.480 e. The highest BCUT2D eigenvalue weighted by Gasteiger charge is 2.36. The lowest BCUT2D eigenvalue weighted by atomic mass is 10.1. The van der Waals surface area contributed by atoms with Crippen molar-refractivity contribution in [1.29, 1.82) is 0 Å². The number of benzene rings is 1. The van der Waals surface area contributed by atoms with Crippen molar-refractivity contribution in [2.45, 2.75) is 25.6 Å². The van der Waals surface area contributed by atoms with Crippen LogP contribution >= 0.6 is 0 Å². The van der Waals surface area contributed by atoms with Crippen molar-refractivity contribution >= 4 is 5.91 Å². The average Bonchev–Trinajstić information content (AvgIpc) is 3.20. The van der Waals surface area contributed by atoms with Crippen molar-refractivity contribution in [1.82, 2.24) is 20.1 Å². The summed E-state index contributed by atoms with van der Waals surface area (Å²) in [5, 5.41) is 6.88. The number of amides is 1. The van der Waals surface area contributed by atoms with E-state index in [9.17, 15) is 9.18 Å². The molecule has 1 amide bonds. The van der Waals surface area contributed by atoms with Gasteiger partial charge in [-0.15, -0.1) is 0 Å². The Kier molecular flexibility index (Phi) is 3.68. The molecule has 2 atom stereocenters. The van der Waals surface area contributed by atoms with Crippen LogP contribution in [0.2, 0.25) is 0 Å². The third-order valence-electron chi connectivity index (χ3n) is 4.25. The van der Waals surface area contributed by atoms with Gasteiger partial charge in [-0.05, 0) is 25.1 Å². The van der Waals surface area contributed by atoms with Crippen molar-refractivity contribution in [2.75, 3.05) is 19.7 Å². The number of morpholine rings is 1. The second kappa shape index (κ2) is 5.86. The van der Waals surface area contributed by atoms with Crippen LogP contribution in [0.25, 0.3) is 0 Å². The lowest BCUT2D eigenvalue weighted by molar-refractivity contribution is -0.146. The average molecular weight is 332 g/mol. The van der Waals surface area contributed by atoms with Crippen LogP contribution in [0.15, 0.2) is 18.2 Å². The largest absolute Gasteiger partial charge is 0.480 e. The molecule has 2 aliphatic rings. The maximum atomic E-state index is 13.3. The van der Waals surface area contributed by atoms with Gasteiger partial charge in [-0.3, -0.25) is 9.89 Å². The topological polar surface area (TPSA) is 80.3 Å². The quantitative estimate of drug-likeness (QED) is 0.892. The summed E-state index contributed by atoms with van der Waals surface area (Å²) < 4.78 is 24.7. The van der Waals surface area contributed by atoms with Gasteiger partial charge < -0.3 is 14.4 Å². The molecule has 24 heavy (non-hydrogen) atoms. The fraction of sp³-hybridized carbons (Fsp3) is 0.438. The van der Waals surface area contributed by atoms with Crippen LogP contribution in [0.5, 0.6) is 5.75 Å². The number of halogens is 1. The van der Waals surface area contributed by atoms with Gasteiger partial charge in [0, 0.05) is 18.5 Å². The van der Waals surface area contributed by atoms with Crippen LogP contribution in [-0.4, -0.2) is 51.8 Å². The lowest BCUT2D eigenvalue weighted by Crippen LogP contribution is -2.48. The normalized spacial score (nSPS) is 23.0. The predicted octanol–water partition coefficient (Wildman–Crippen LogP) is 1.16. The molecule has 1 aromatic heterocycles. The molecule has 4 rings (SSSR count). The third-order valence-corrected chi connectivity index (χ3v) is 4.25. The van der Waals surface area contributed by atoms with Crippen molar-refractivity contribution in [3.63, 3.8) is 0 Å². The number of aromatic amines is 1. The zero-order chi connectivity index (χ0) is 16.7. The van der Waals surface area contributed by atoms with Gasteiger partial charge in [0.2, 0.25) is 0 Å². The predicted molar refractivity (Wildman–Crippen MR) is 80.9 cm³/mol. The summed E-state index contributed by atoms with van der Waals surface area (Å²) in [6, 6.07) is 4.32. The molecule has 0 radical (unpaired) electrons. The first-order chi connectivity index (χ1) is 11.6. The van der Waals surface area contributed by atoms with Gasteiger partial charge in [0.25, 0.3) is 5.91 Å². The van der Waals surface area contributed by atoms with Gasteiger partial charge in [-0.2, -0.15) is 5.10 Å². The maximum absolute atomic E-state index is 13.3. The first kappa shape index (κ1) is 15.1. The number of aryl methyl sites for hydroxylation is 1. The number of carbonyl (C=O) groups is 1. The van der Waals surface area contributed by atoms with Crippen LogP contribution in [-0.2, 0) is 16.0 Å². The molecule has 7 nitrogen and oxygen atoms in total. The van der Waals surface area contributed by atoms with Gasteiger partial charge >= 0.3 is 0 Å². The Balaban J connectivity index is 1.45. The van der Waals surface area contributed by atoms with E-state index in [2.05, 4.69) is 15.2 Å². The van der Waals surface area contributed by atoms with E-state index in [-0.39, 0.29) is 17.8 Å². The SMILES string of the molecule is Cc1nc([C@H]2CN(C(=O)[C@@H]3Cc4cc(F)ccc4O3)CCO2)n[nH]1. The van der Waals surface area contributed by atoms with E-state index >= 15 is 0 Å². The molecule has 0 unspecified atom stereocenters. The fourth-order valence-electron chi connectivity index (χ4n) is 3.07. The second-order valence-electron chi connectivity index (χ2n) is 5.99. The number of nitrogens with one attached hydrogen (secondary N) is 1. The molecule has 0 aliphatic carbocycles. The molecular weight excluding hydrogens is 315 g/mol. The number of fused-ring (bicyclic) bond motifs is 1. The van der Waals surface area contributed by atoms with Crippen molar-refractivity contribution < 1.29 is 18.7 Å². The number of ether oxygens (including phenoxy) is 2. The van der Waals surface area contributed by atoms with E-state index in [4.69, 9.17) is 9.47 Å². The van der Waals surface area contributed by atoms with Gasteiger partial charge in [0.05, 0.1) is 13.2 Å². The molecule has 126 valence electrons. The number of carbonyl (C=O) groups excluding carboxylic acids is 1. The highest BCUT2D eigenvalue weighted by Crippen LogP contribution is 2.30. The minimum atomic E-state index is -0.616. The van der Waals surface area contributed by atoms with Gasteiger partial charge in [-0.1, -0.05) is 0 Å². The molecule has 2 aliphatic heterocycles. The summed E-state index contributed by atoms with van der Waals surface area (Å²) in [6.07, 6.45) is -0.587. The standard InChI is InChI=1S/C16H17FN4O3/c1-9-18-15(20-19-9)14-8-21(4-5-23-14)16(22)13-7-10-6-11(17)2-3-12(10)24-13/h2-3,6,13-14H,4-5,7-8H2,1H3,(H,18,19,20)/t13-,14+/m0/s1. The Labute approximate surface area is 137 Å². The van der Waals surface area contributed by atoms with Crippen LogP contribution in [0.1, 0.15) is 23.3 Å². The fourth-order valence-corrected chi connectivity index (χ4v) is 3.07. The van der Waals surface area contributed by atoms with Crippen LogP contribution in [0, 0.1) is 12.7 Å². The van der Waals surface area contributed by atoms with Crippen molar-refractivity contribution in [3.05, 3.63) is 41.2 Å². The summed E-state index contributed by atoms with van der Waals surface area (Å²) in [7, 11) is 0. The summed E-state index contributed by atoms with van der Waals surface area (Å²) in [5.74, 6) is 1.38. The van der Waals surface area contributed by atoms with Crippen LogP contribution in [0.3, 0.4) is 0 Å². The molecule has 8 heteroatoms. The zero-order valence-corrected chi connectivity index (χ0v) is 13.2. The maximum Gasteiger partial charge on any atom is 0.264 e. The Morgan fingerprint density at radius 2 is 2.33 bits per heavy atom. The number of nitrogens with zero attached hydrogens (tertiary/aromatic N) is 3. The molecule has 0 saturated carbocycles. The van der Waals surface area contributed by atoms with Gasteiger partial charge in [-0.25, -0.2) is 9.37 Å². The Morgan fingerprint density at radius 3 is 3.12 bits per heavy atom. The first-order valence-corrected chi connectivity index (χ1v) is 7.84. The number of H-pyrrole nitrogens is 1.